The molecule has 1 heterocycles. The van der Waals surface area contributed by atoms with E-state index in [0.29, 0.717) is 18.1 Å². The van der Waals surface area contributed by atoms with Gasteiger partial charge in [0.05, 0.1) is 7.11 Å². The zero-order valence-electron chi connectivity index (χ0n) is 15.3. The summed E-state index contributed by atoms with van der Waals surface area (Å²) in [5, 5.41) is 6.07. The molecule has 2 aromatic carbocycles. The molecular formula is C21H27NO3S. The van der Waals surface area contributed by atoms with Gasteiger partial charge in [-0.3, -0.25) is 4.79 Å². The van der Waals surface area contributed by atoms with Crippen LogP contribution in [0.1, 0.15) is 24.8 Å². The van der Waals surface area contributed by atoms with Crippen molar-refractivity contribution in [2.24, 2.45) is 0 Å². The first-order valence-electron chi connectivity index (χ1n) is 9.28. The van der Waals surface area contributed by atoms with Crippen LogP contribution in [-0.2, 0) is 16.0 Å². The average Bonchev–Trinajstić information content (AvgIpc) is 2.70. The van der Waals surface area contributed by atoms with E-state index < -0.39 is 0 Å². The van der Waals surface area contributed by atoms with Gasteiger partial charge < -0.3 is 14.8 Å². The lowest BCUT2D eigenvalue weighted by atomic mass is 9.99. The highest BCUT2D eigenvalue weighted by Crippen LogP contribution is 2.29. The van der Waals surface area contributed by atoms with Crippen LogP contribution in [0, 0.1) is 0 Å². The van der Waals surface area contributed by atoms with Gasteiger partial charge in [-0.25, -0.2) is 0 Å². The number of hydrogen-bond donors (Lipinski definition) is 1. The molecule has 0 radical (unpaired) electrons. The van der Waals surface area contributed by atoms with E-state index >= 15 is 0 Å². The van der Waals surface area contributed by atoms with Crippen LogP contribution >= 0.6 is 11.8 Å². The fourth-order valence-electron chi connectivity index (χ4n) is 3.35. The maximum absolute atomic E-state index is 12.2. The molecule has 5 heteroatoms. The molecule has 4 nitrogen and oxygen atoms in total. The van der Waals surface area contributed by atoms with Gasteiger partial charge in [-0.15, -0.1) is 0 Å². The summed E-state index contributed by atoms with van der Waals surface area (Å²) in [6, 6.07) is 12.3. The molecule has 0 bridgehead atoms. The van der Waals surface area contributed by atoms with Crippen LogP contribution in [-0.4, -0.2) is 43.8 Å². The lowest BCUT2D eigenvalue weighted by Gasteiger charge is -2.21. The Morgan fingerprint density at radius 1 is 1.23 bits per heavy atom. The largest absolute Gasteiger partial charge is 0.496 e. The van der Waals surface area contributed by atoms with E-state index in [1.165, 1.54) is 5.39 Å². The predicted molar refractivity (Wildman–Crippen MR) is 108 cm³/mol. The fraction of sp³-hybridized carbons (Fsp3) is 0.476. The van der Waals surface area contributed by atoms with E-state index in [9.17, 15) is 4.79 Å². The Balaban J connectivity index is 1.47. The second kappa shape index (κ2) is 9.83. The summed E-state index contributed by atoms with van der Waals surface area (Å²) in [6.45, 7) is 2.47. The van der Waals surface area contributed by atoms with Crippen LogP contribution in [0.5, 0.6) is 5.75 Å². The molecule has 1 saturated heterocycles. The molecule has 0 saturated carbocycles. The minimum absolute atomic E-state index is 0.104. The summed E-state index contributed by atoms with van der Waals surface area (Å²) in [4.78, 5) is 12.2. The molecule has 1 aliphatic rings. The van der Waals surface area contributed by atoms with E-state index in [2.05, 4.69) is 23.5 Å². The van der Waals surface area contributed by atoms with Crippen molar-refractivity contribution in [1.29, 1.82) is 0 Å². The van der Waals surface area contributed by atoms with Gasteiger partial charge in [-0.05, 0) is 36.1 Å². The summed E-state index contributed by atoms with van der Waals surface area (Å²) < 4.78 is 10.9. The normalized spacial score (nSPS) is 15.1. The standard InChI is InChI=1S/C21H27NO3S/c1-24-20-8-6-16-4-2-3-5-18(16)19(20)7-9-21(23)22-12-15-26-17-10-13-25-14-11-17/h2-6,8,17H,7,9-15H2,1H3,(H,22,23). The molecule has 140 valence electrons. The van der Waals surface area contributed by atoms with Crippen LogP contribution < -0.4 is 10.1 Å². The Bertz CT molecular complexity index is 728. The average molecular weight is 374 g/mol. The highest BCUT2D eigenvalue weighted by atomic mass is 32.2. The van der Waals surface area contributed by atoms with E-state index in [-0.39, 0.29) is 5.91 Å². The topological polar surface area (TPSA) is 47.6 Å². The van der Waals surface area contributed by atoms with Crippen molar-refractivity contribution in [2.45, 2.75) is 30.9 Å². The van der Waals surface area contributed by atoms with Crippen molar-refractivity contribution in [3.63, 3.8) is 0 Å². The molecular weight excluding hydrogens is 346 g/mol. The number of benzene rings is 2. The van der Waals surface area contributed by atoms with Crippen LogP contribution in [0.4, 0.5) is 0 Å². The van der Waals surface area contributed by atoms with Crippen molar-refractivity contribution < 1.29 is 14.3 Å². The molecule has 26 heavy (non-hydrogen) atoms. The first-order valence-corrected chi connectivity index (χ1v) is 10.3. The minimum atomic E-state index is 0.104. The molecule has 0 atom stereocenters. The first kappa shape index (κ1) is 19.1. The number of nitrogens with one attached hydrogen (secondary N) is 1. The van der Waals surface area contributed by atoms with Crippen molar-refractivity contribution in [1.82, 2.24) is 5.32 Å². The third-order valence-corrected chi connectivity index (χ3v) is 6.15. The summed E-state index contributed by atoms with van der Waals surface area (Å²) in [7, 11) is 1.68. The monoisotopic (exact) mass is 373 g/mol. The Morgan fingerprint density at radius 2 is 2.04 bits per heavy atom. The van der Waals surface area contributed by atoms with Crippen molar-refractivity contribution >= 4 is 28.4 Å². The Morgan fingerprint density at radius 3 is 2.85 bits per heavy atom. The summed E-state index contributed by atoms with van der Waals surface area (Å²) >= 11 is 1.95. The molecule has 0 spiro atoms. The number of thioether (sulfide) groups is 1. The molecule has 0 unspecified atom stereocenters. The summed E-state index contributed by atoms with van der Waals surface area (Å²) in [6.07, 6.45) is 3.41. The van der Waals surface area contributed by atoms with Gasteiger partial charge in [0.1, 0.15) is 5.75 Å². The maximum Gasteiger partial charge on any atom is 0.220 e. The second-order valence-corrected chi connectivity index (χ2v) is 7.91. The maximum atomic E-state index is 12.2. The van der Waals surface area contributed by atoms with E-state index in [1.54, 1.807) is 7.11 Å². The number of hydrogen-bond acceptors (Lipinski definition) is 4. The highest BCUT2D eigenvalue weighted by Gasteiger charge is 2.14. The molecule has 1 aliphatic heterocycles. The molecule has 0 aromatic heterocycles. The Hall–Kier alpha value is -1.72. The van der Waals surface area contributed by atoms with Crippen molar-refractivity contribution in [2.75, 3.05) is 32.6 Å². The smallest absolute Gasteiger partial charge is 0.220 e. The number of carbonyl (C=O) groups excluding carboxylic acids is 1. The van der Waals surface area contributed by atoms with Crippen LogP contribution in [0.15, 0.2) is 36.4 Å². The van der Waals surface area contributed by atoms with Crippen LogP contribution in [0.3, 0.4) is 0 Å². The third kappa shape index (κ3) is 5.15. The molecule has 2 aromatic rings. The van der Waals surface area contributed by atoms with Crippen molar-refractivity contribution in [3.05, 3.63) is 42.0 Å². The van der Waals surface area contributed by atoms with E-state index in [0.717, 1.165) is 55.1 Å². The van der Waals surface area contributed by atoms with Crippen LogP contribution in [0.2, 0.25) is 0 Å². The van der Waals surface area contributed by atoms with Gasteiger partial charge in [0, 0.05) is 42.7 Å². The Kier molecular flexibility index (Phi) is 7.21. The third-order valence-electron chi connectivity index (χ3n) is 4.77. The SMILES string of the molecule is COc1ccc2ccccc2c1CCC(=O)NCCSC1CCOCC1. The van der Waals surface area contributed by atoms with Crippen molar-refractivity contribution in [3.8, 4) is 5.75 Å². The first-order chi connectivity index (χ1) is 12.8. The molecule has 1 fully saturated rings. The van der Waals surface area contributed by atoms with Gasteiger partial charge in [0.15, 0.2) is 0 Å². The van der Waals surface area contributed by atoms with E-state index in [4.69, 9.17) is 9.47 Å². The fourth-order valence-corrected chi connectivity index (χ4v) is 4.43. The van der Waals surface area contributed by atoms with Gasteiger partial charge in [0.2, 0.25) is 5.91 Å². The van der Waals surface area contributed by atoms with Gasteiger partial charge in [-0.2, -0.15) is 11.8 Å². The van der Waals surface area contributed by atoms with E-state index in [1.807, 2.05) is 30.0 Å². The number of ether oxygens (including phenoxy) is 2. The number of fused-ring (bicyclic) bond motifs is 1. The molecule has 1 N–H and O–H groups in total. The zero-order valence-corrected chi connectivity index (χ0v) is 16.1. The van der Waals surface area contributed by atoms with Gasteiger partial charge in [-0.1, -0.05) is 30.3 Å². The quantitative estimate of drug-likeness (QED) is 0.715. The number of carbonyl (C=O) groups is 1. The van der Waals surface area contributed by atoms with Gasteiger partial charge in [0.25, 0.3) is 0 Å². The van der Waals surface area contributed by atoms with Gasteiger partial charge >= 0.3 is 0 Å². The Labute approximate surface area is 159 Å². The molecule has 3 rings (SSSR count). The molecule has 1 amide bonds. The highest BCUT2D eigenvalue weighted by molar-refractivity contribution is 7.99. The summed E-state index contributed by atoms with van der Waals surface area (Å²) in [5.74, 6) is 1.92. The second-order valence-electron chi connectivity index (χ2n) is 6.50. The molecule has 0 aliphatic carbocycles. The lowest BCUT2D eigenvalue weighted by molar-refractivity contribution is -0.120. The van der Waals surface area contributed by atoms with Crippen LogP contribution in [0.25, 0.3) is 10.8 Å². The number of rotatable bonds is 8. The zero-order chi connectivity index (χ0) is 18.2. The number of amides is 1. The predicted octanol–water partition coefficient (Wildman–Crippen LogP) is 3.81. The minimum Gasteiger partial charge on any atom is -0.496 e. The summed E-state index contributed by atoms with van der Waals surface area (Å²) in [5.41, 5.74) is 1.11. The number of methoxy groups -OCH3 is 1. The lowest BCUT2D eigenvalue weighted by Crippen LogP contribution is -2.27. The number of aryl methyl sites for hydroxylation is 1.